The molecule has 140 valence electrons. The lowest BCUT2D eigenvalue weighted by molar-refractivity contribution is -0.137. The molecule has 1 heterocycles. The molecule has 1 aliphatic carbocycles. The summed E-state index contributed by atoms with van der Waals surface area (Å²) >= 11 is 6.05. The van der Waals surface area contributed by atoms with Gasteiger partial charge in [-0.05, 0) is 49.3 Å². The average Bonchev–Trinajstić information content (AvgIpc) is 3.21. The van der Waals surface area contributed by atoms with Gasteiger partial charge in [0.05, 0.1) is 16.7 Å². The maximum Gasteiger partial charge on any atom is 0.417 e. The minimum Gasteiger partial charge on any atom is -0.393 e. The fourth-order valence-corrected chi connectivity index (χ4v) is 3.54. The summed E-state index contributed by atoms with van der Waals surface area (Å²) in [6.45, 7) is 0. The van der Waals surface area contributed by atoms with E-state index in [9.17, 15) is 23.1 Å². The van der Waals surface area contributed by atoms with Crippen LogP contribution in [0.2, 0.25) is 5.02 Å². The molecular formula is C17H16ClF3N2O3. The summed E-state index contributed by atoms with van der Waals surface area (Å²) in [6, 6.07) is 3.37. The van der Waals surface area contributed by atoms with E-state index in [1.54, 1.807) is 0 Å². The maximum atomic E-state index is 13.2. The number of anilines is 1. The van der Waals surface area contributed by atoms with Crippen molar-refractivity contribution in [3.05, 3.63) is 46.3 Å². The van der Waals surface area contributed by atoms with Gasteiger partial charge in [-0.15, -0.1) is 0 Å². The third-order valence-corrected chi connectivity index (χ3v) is 4.91. The number of benzene rings is 1. The lowest BCUT2D eigenvalue weighted by atomic mass is 9.94. The molecule has 1 aromatic carbocycles. The molecule has 1 aliphatic rings. The third-order valence-electron chi connectivity index (χ3n) is 4.47. The molecule has 0 bridgehead atoms. The van der Waals surface area contributed by atoms with E-state index in [2.05, 4.69) is 15.0 Å². The van der Waals surface area contributed by atoms with Crippen molar-refractivity contribution >= 4 is 23.2 Å². The third kappa shape index (κ3) is 4.02. The minimum absolute atomic E-state index is 0.00302. The number of aliphatic hydroxyl groups is 1. The van der Waals surface area contributed by atoms with Crippen LogP contribution in [0.15, 0.2) is 29.0 Å². The number of hydrogen-bond donors (Lipinski definition) is 2. The summed E-state index contributed by atoms with van der Waals surface area (Å²) < 4.78 is 44.2. The van der Waals surface area contributed by atoms with Gasteiger partial charge >= 0.3 is 6.18 Å². The van der Waals surface area contributed by atoms with Crippen LogP contribution >= 0.6 is 11.6 Å². The van der Waals surface area contributed by atoms with Crippen molar-refractivity contribution < 1.29 is 27.6 Å². The number of amides is 1. The van der Waals surface area contributed by atoms with E-state index in [0.29, 0.717) is 19.3 Å². The monoisotopic (exact) mass is 388 g/mol. The fourth-order valence-electron chi connectivity index (χ4n) is 3.20. The molecule has 1 saturated carbocycles. The van der Waals surface area contributed by atoms with E-state index >= 15 is 0 Å². The smallest absolute Gasteiger partial charge is 0.393 e. The topological polar surface area (TPSA) is 75.4 Å². The van der Waals surface area contributed by atoms with E-state index in [0.717, 1.165) is 6.07 Å². The molecule has 2 atom stereocenters. The van der Waals surface area contributed by atoms with Gasteiger partial charge in [0.2, 0.25) is 0 Å². The Hall–Kier alpha value is -2.06. The van der Waals surface area contributed by atoms with Gasteiger partial charge in [0.1, 0.15) is 6.26 Å². The number of nitrogens with one attached hydrogen (secondary N) is 1. The Morgan fingerprint density at radius 1 is 1.35 bits per heavy atom. The second-order valence-corrected chi connectivity index (χ2v) is 6.70. The second kappa shape index (κ2) is 7.28. The zero-order valence-electron chi connectivity index (χ0n) is 13.5. The van der Waals surface area contributed by atoms with Crippen LogP contribution in [-0.4, -0.2) is 22.3 Å². The molecular weight excluding hydrogens is 373 g/mol. The highest BCUT2D eigenvalue weighted by Crippen LogP contribution is 2.41. The predicted octanol–water partition coefficient (Wildman–Crippen LogP) is 4.30. The van der Waals surface area contributed by atoms with Crippen LogP contribution in [-0.2, 0) is 12.6 Å². The first-order valence-corrected chi connectivity index (χ1v) is 8.42. The number of aliphatic hydroxyl groups excluding tert-OH is 1. The molecule has 1 fully saturated rings. The van der Waals surface area contributed by atoms with Crippen LogP contribution in [0.3, 0.4) is 0 Å². The minimum atomic E-state index is -4.60. The lowest BCUT2D eigenvalue weighted by Crippen LogP contribution is -2.17. The van der Waals surface area contributed by atoms with Crippen molar-refractivity contribution in [2.24, 2.45) is 5.92 Å². The first-order valence-electron chi connectivity index (χ1n) is 8.04. The molecule has 0 radical (unpaired) electrons. The molecule has 1 amide bonds. The normalized spacial score (nSPS) is 20.3. The SMILES string of the molecule is O=C(Nc1ccc(C(F)(F)F)c(Cl)c1C[C@@H]1CC[C@H](O)C1)c1ccon1. The van der Waals surface area contributed by atoms with Crippen LogP contribution in [0.25, 0.3) is 0 Å². The fraction of sp³-hybridized carbons (Fsp3) is 0.412. The molecule has 2 aromatic rings. The number of carbonyl (C=O) groups excluding carboxylic acids is 1. The molecule has 5 nitrogen and oxygen atoms in total. The van der Waals surface area contributed by atoms with Crippen molar-refractivity contribution in [2.45, 2.75) is 38.0 Å². The number of halogens is 4. The zero-order valence-corrected chi connectivity index (χ0v) is 14.3. The maximum absolute atomic E-state index is 13.2. The van der Waals surface area contributed by atoms with Crippen molar-refractivity contribution in [3.63, 3.8) is 0 Å². The Morgan fingerprint density at radius 3 is 2.69 bits per heavy atom. The lowest BCUT2D eigenvalue weighted by Gasteiger charge is -2.19. The summed E-state index contributed by atoms with van der Waals surface area (Å²) in [5.74, 6) is -0.615. The second-order valence-electron chi connectivity index (χ2n) is 6.33. The molecule has 2 N–H and O–H groups in total. The van der Waals surface area contributed by atoms with Gasteiger partial charge in [0.15, 0.2) is 5.69 Å². The number of alkyl halides is 3. The summed E-state index contributed by atoms with van der Waals surface area (Å²) in [7, 11) is 0. The van der Waals surface area contributed by atoms with Crippen LogP contribution in [0.1, 0.15) is 40.9 Å². The highest BCUT2D eigenvalue weighted by Gasteiger charge is 2.35. The molecule has 9 heteroatoms. The molecule has 0 unspecified atom stereocenters. The summed E-state index contributed by atoms with van der Waals surface area (Å²) in [4.78, 5) is 12.2. The highest BCUT2D eigenvalue weighted by atomic mass is 35.5. The van der Waals surface area contributed by atoms with Gasteiger partial charge in [-0.1, -0.05) is 16.8 Å². The first-order chi connectivity index (χ1) is 12.3. The number of aromatic nitrogens is 1. The van der Waals surface area contributed by atoms with E-state index in [4.69, 9.17) is 11.6 Å². The van der Waals surface area contributed by atoms with Crippen LogP contribution in [0.5, 0.6) is 0 Å². The van der Waals surface area contributed by atoms with Gasteiger partial charge in [-0.2, -0.15) is 13.2 Å². The number of carbonyl (C=O) groups is 1. The predicted molar refractivity (Wildman–Crippen MR) is 88.0 cm³/mol. The molecule has 0 aliphatic heterocycles. The largest absolute Gasteiger partial charge is 0.417 e. The summed E-state index contributed by atoms with van der Waals surface area (Å²) in [6.07, 6.45) is -1.84. The number of rotatable bonds is 4. The van der Waals surface area contributed by atoms with Crippen LogP contribution in [0, 0.1) is 5.92 Å². The van der Waals surface area contributed by atoms with Crippen molar-refractivity contribution in [1.29, 1.82) is 0 Å². The molecule has 1 aromatic heterocycles. The van der Waals surface area contributed by atoms with Crippen molar-refractivity contribution in [2.75, 3.05) is 5.32 Å². The number of nitrogens with zero attached hydrogens (tertiary/aromatic N) is 1. The standard InChI is InChI=1S/C17H16ClF3N2O3/c18-15-11(8-9-1-2-10(24)7-9)13(4-3-12(15)17(19,20)21)22-16(25)14-5-6-26-23-14/h3-6,9-10,24H,1-2,7-8H2,(H,22,25)/t9-,10+/m1/s1. The highest BCUT2D eigenvalue weighted by molar-refractivity contribution is 6.32. The van der Waals surface area contributed by atoms with Gasteiger partial charge in [0.25, 0.3) is 5.91 Å². The van der Waals surface area contributed by atoms with Gasteiger partial charge in [-0.25, -0.2) is 0 Å². The van der Waals surface area contributed by atoms with Gasteiger partial charge in [-0.3, -0.25) is 4.79 Å². The van der Waals surface area contributed by atoms with Crippen LogP contribution < -0.4 is 5.32 Å². The number of hydrogen-bond acceptors (Lipinski definition) is 4. The van der Waals surface area contributed by atoms with Crippen molar-refractivity contribution in [1.82, 2.24) is 5.16 Å². The molecule has 3 rings (SSSR count). The van der Waals surface area contributed by atoms with Crippen molar-refractivity contribution in [3.8, 4) is 0 Å². The van der Waals surface area contributed by atoms with E-state index in [1.165, 1.54) is 18.4 Å². The Kier molecular flexibility index (Phi) is 5.24. The van der Waals surface area contributed by atoms with Gasteiger partial charge < -0.3 is 14.9 Å². The Balaban J connectivity index is 1.94. The van der Waals surface area contributed by atoms with E-state index < -0.39 is 28.8 Å². The first kappa shape index (κ1) is 18.7. The summed E-state index contributed by atoms with van der Waals surface area (Å²) in [5, 5.41) is 15.3. The Labute approximate surface area is 152 Å². The Morgan fingerprint density at radius 2 is 2.12 bits per heavy atom. The molecule has 0 saturated heterocycles. The van der Waals surface area contributed by atoms with E-state index in [1.807, 2.05) is 0 Å². The average molecular weight is 389 g/mol. The zero-order chi connectivity index (χ0) is 18.9. The Bertz CT molecular complexity index is 793. The van der Waals surface area contributed by atoms with Crippen LogP contribution in [0.4, 0.5) is 18.9 Å². The molecule has 26 heavy (non-hydrogen) atoms. The van der Waals surface area contributed by atoms with Gasteiger partial charge in [0, 0.05) is 11.8 Å². The van der Waals surface area contributed by atoms with E-state index in [-0.39, 0.29) is 29.3 Å². The summed E-state index contributed by atoms with van der Waals surface area (Å²) in [5.41, 5.74) is -0.551. The molecule has 0 spiro atoms. The quantitative estimate of drug-likeness (QED) is 0.818.